The number of nitrogen functional groups attached to an aromatic ring is 1. The number of hydrogen-bond donors (Lipinski definition) is 2. The third-order valence-corrected chi connectivity index (χ3v) is 4.55. The van der Waals surface area contributed by atoms with Gasteiger partial charge in [-0.2, -0.15) is 13.2 Å². The van der Waals surface area contributed by atoms with Crippen molar-refractivity contribution in [3.05, 3.63) is 22.7 Å². The molecule has 1 aromatic carbocycles. The molecule has 1 unspecified atom stereocenters. The Hall–Kier alpha value is -0.990. The summed E-state index contributed by atoms with van der Waals surface area (Å²) in [4.78, 5) is -0.217. The van der Waals surface area contributed by atoms with Crippen molar-refractivity contribution in [3.8, 4) is 0 Å². The first kappa shape index (κ1) is 17.1. The van der Waals surface area contributed by atoms with Gasteiger partial charge in [-0.3, -0.25) is 0 Å². The number of halogens is 4. The van der Waals surface area contributed by atoms with Crippen molar-refractivity contribution < 1.29 is 21.6 Å². The van der Waals surface area contributed by atoms with Crippen LogP contribution in [0, 0.1) is 6.92 Å². The largest absolute Gasteiger partial charge is 0.397 e. The molecular weight excluding hydrogens is 317 g/mol. The molecule has 0 fully saturated rings. The molecule has 0 amide bonds. The molecule has 0 aliphatic carbocycles. The smallest absolute Gasteiger partial charge is 0.390 e. The van der Waals surface area contributed by atoms with E-state index in [1.165, 1.54) is 6.07 Å². The van der Waals surface area contributed by atoms with Gasteiger partial charge in [0.2, 0.25) is 10.0 Å². The van der Waals surface area contributed by atoms with Crippen molar-refractivity contribution >= 4 is 27.3 Å². The van der Waals surface area contributed by atoms with E-state index in [2.05, 4.69) is 0 Å². The van der Waals surface area contributed by atoms with E-state index in [9.17, 15) is 21.6 Å². The second kappa shape index (κ2) is 5.79. The molecule has 0 aliphatic rings. The van der Waals surface area contributed by atoms with Crippen molar-refractivity contribution in [2.75, 3.05) is 5.73 Å². The molecule has 9 heteroatoms. The fourth-order valence-corrected chi connectivity index (χ4v) is 3.11. The first-order valence-electron chi connectivity index (χ1n) is 5.57. The van der Waals surface area contributed by atoms with Gasteiger partial charge in [-0.15, -0.1) is 0 Å². The Kier molecular flexibility index (Phi) is 4.94. The number of alkyl halides is 3. The van der Waals surface area contributed by atoms with Crippen LogP contribution in [0.3, 0.4) is 0 Å². The monoisotopic (exact) mass is 330 g/mol. The summed E-state index contributed by atoms with van der Waals surface area (Å²) in [5.74, 6) is 0. The molecule has 0 heterocycles. The van der Waals surface area contributed by atoms with Crippen LogP contribution in [0.1, 0.15) is 18.9 Å². The van der Waals surface area contributed by atoms with E-state index in [1.54, 1.807) is 6.92 Å². The lowest BCUT2D eigenvalue weighted by Gasteiger charge is -2.16. The Morgan fingerprint density at radius 1 is 1.40 bits per heavy atom. The fourth-order valence-electron chi connectivity index (χ4n) is 1.64. The van der Waals surface area contributed by atoms with Crippen molar-refractivity contribution in [1.82, 2.24) is 4.72 Å². The average Bonchev–Trinajstić information content (AvgIpc) is 2.21. The zero-order chi connectivity index (χ0) is 15.7. The highest BCUT2D eigenvalue weighted by atomic mass is 35.5. The fraction of sp³-hybridized carbons (Fsp3) is 0.455. The quantitative estimate of drug-likeness (QED) is 0.834. The van der Waals surface area contributed by atoms with Gasteiger partial charge in [-0.1, -0.05) is 11.6 Å². The zero-order valence-electron chi connectivity index (χ0n) is 10.8. The van der Waals surface area contributed by atoms with Crippen molar-refractivity contribution in [2.45, 2.75) is 37.4 Å². The molecule has 1 rings (SSSR count). The number of nitrogens with one attached hydrogen (secondary N) is 1. The second-order valence-electron chi connectivity index (χ2n) is 4.49. The maximum atomic E-state index is 12.2. The molecule has 1 aromatic rings. The van der Waals surface area contributed by atoms with E-state index in [4.69, 9.17) is 17.3 Å². The van der Waals surface area contributed by atoms with Crippen LogP contribution in [-0.2, 0) is 10.0 Å². The molecule has 1 atom stereocenters. The molecule has 0 aromatic heterocycles. The van der Waals surface area contributed by atoms with Gasteiger partial charge in [0.05, 0.1) is 22.0 Å². The molecule has 0 aliphatic heterocycles. The molecular formula is C11H14ClF3N2O2S. The number of anilines is 1. The zero-order valence-corrected chi connectivity index (χ0v) is 12.3. The summed E-state index contributed by atoms with van der Waals surface area (Å²) in [6.07, 6.45) is -5.70. The van der Waals surface area contributed by atoms with Gasteiger partial charge >= 0.3 is 6.18 Å². The van der Waals surface area contributed by atoms with Crippen LogP contribution in [0.2, 0.25) is 5.02 Å². The van der Waals surface area contributed by atoms with E-state index in [1.807, 2.05) is 4.72 Å². The Labute approximate surface area is 120 Å². The summed E-state index contributed by atoms with van der Waals surface area (Å²) in [6.45, 7) is 2.69. The topological polar surface area (TPSA) is 72.2 Å². The highest BCUT2D eigenvalue weighted by molar-refractivity contribution is 7.89. The van der Waals surface area contributed by atoms with E-state index < -0.39 is 28.7 Å². The SMILES string of the molecule is Cc1cc(S(=O)(=O)NC(C)CC(F)(F)F)cc(N)c1Cl. The highest BCUT2D eigenvalue weighted by Crippen LogP contribution is 2.27. The number of rotatable bonds is 4. The second-order valence-corrected chi connectivity index (χ2v) is 6.58. The van der Waals surface area contributed by atoms with Gasteiger partial charge in [0.25, 0.3) is 0 Å². The number of nitrogens with two attached hydrogens (primary N) is 1. The molecule has 0 spiro atoms. The van der Waals surface area contributed by atoms with Crippen molar-refractivity contribution in [3.63, 3.8) is 0 Å². The van der Waals surface area contributed by atoms with Crippen LogP contribution in [0.15, 0.2) is 17.0 Å². The lowest BCUT2D eigenvalue weighted by molar-refractivity contribution is -0.137. The maximum Gasteiger partial charge on any atom is 0.390 e. The van der Waals surface area contributed by atoms with Gasteiger partial charge in [0.15, 0.2) is 0 Å². The highest BCUT2D eigenvalue weighted by Gasteiger charge is 2.32. The summed E-state index contributed by atoms with van der Waals surface area (Å²) >= 11 is 5.80. The molecule has 4 nitrogen and oxygen atoms in total. The predicted octanol–water partition coefficient (Wildman–Crippen LogP) is 2.85. The summed E-state index contributed by atoms with van der Waals surface area (Å²) in [6, 6.07) is 1.08. The Morgan fingerprint density at radius 2 is 1.95 bits per heavy atom. The third kappa shape index (κ3) is 4.53. The first-order chi connectivity index (χ1) is 8.92. The van der Waals surface area contributed by atoms with Crippen LogP contribution in [-0.4, -0.2) is 20.6 Å². The maximum absolute atomic E-state index is 12.2. The average molecular weight is 331 g/mol. The van der Waals surface area contributed by atoms with E-state index in [-0.39, 0.29) is 15.6 Å². The summed E-state index contributed by atoms with van der Waals surface area (Å²) in [5, 5.41) is 0.215. The Morgan fingerprint density at radius 3 is 2.40 bits per heavy atom. The minimum atomic E-state index is -4.45. The molecule has 114 valence electrons. The molecule has 3 N–H and O–H groups in total. The Bertz CT molecular complexity index is 579. The van der Waals surface area contributed by atoms with Crippen LogP contribution < -0.4 is 10.5 Å². The minimum absolute atomic E-state index is 0.0514. The Balaban J connectivity index is 3.00. The predicted molar refractivity (Wildman–Crippen MR) is 71.1 cm³/mol. The van der Waals surface area contributed by atoms with Crippen LogP contribution in [0.5, 0.6) is 0 Å². The van der Waals surface area contributed by atoms with Gasteiger partial charge in [-0.05, 0) is 31.5 Å². The number of benzene rings is 1. The van der Waals surface area contributed by atoms with Crippen molar-refractivity contribution in [1.29, 1.82) is 0 Å². The van der Waals surface area contributed by atoms with Gasteiger partial charge in [0, 0.05) is 6.04 Å². The van der Waals surface area contributed by atoms with Crippen LogP contribution >= 0.6 is 11.6 Å². The third-order valence-electron chi connectivity index (χ3n) is 2.46. The van der Waals surface area contributed by atoms with Crippen LogP contribution in [0.4, 0.5) is 18.9 Å². The molecule has 20 heavy (non-hydrogen) atoms. The molecule has 0 saturated carbocycles. The lowest BCUT2D eigenvalue weighted by atomic mass is 10.2. The number of sulfonamides is 1. The standard InChI is InChI=1S/C11H14ClF3N2O2S/c1-6-3-8(4-9(16)10(6)12)20(18,19)17-7(2)5-11(13,14)15/h3-4,7,17H,5,16H2,1-2H3. The number of hydrogen-bond acceptors (Lipinski definition) is 3. The summed E-state index contributed by atoms with van der Waals surface area (Å²) < 4.78 is 62.5. The lowest BCUT2D eigenvalue weighted by Crippen LogP contribution is -2.36. The first-order valence-corrected chi connectivity index (χ1v) is 7.43. The normalized spacial score (nSPS) is 14.3. The minimum Gasteiger partial charge on any atom is -0.397 e. The molecule has 0 saturated heterocycles. The molecule has 0 bridgehead atoms. The summed E-state index contributed by atoms with van der Waals surface area (Å²) in [7, 11) is -4.08. The number of aryl methyl sites for hydroxylation is 1. The van der Waals surface area contributed by atoms with E-state index in [0.29, 0.717) is 5.56 Å². The van der Waals surface area contributed by atoms with E-state index >= 15 is 0 Å². The van der Waals surface area contributed by atoms with Gasteiger partial charge in [0.1, 0.15) is 0 Å². The van der Waals surface area contributed by atoms with E-state index in [0.717, 1.165) is 13.0 Å². The van der Waals surface area contributed by atoms with Gasteiger partial charge in [-0.25, -0.2) is 13.1 Å². The summed E-state index contributed by atoms with van der Waals surface area (Å²) in [5.41, 5.74) is 6.02. The van der Waals surface area contributed by atoms with Crippen LogP contribution in [0.25, 0.3) is 0 Å². The molecule has 0 radical (unpaired) electrons. The van der Waals surface area contributed by atoms with Gasteiger partial charge < -0.3 is 5.73 Å². The van der Waals surface area contributed by atoms with Crippen molar-refractivity contribution in [2.24, 2.45) is 0 Å².